The van der Waals surface area contributed by atoms with Crippen molar-refractivity contribution in [2.24, 2.45) is 5.92 Å². The number of aliphatic hydroxyl groups excluding tert-OH is 1. The molecule has 188 valence electrons. The van der Waals surface area contributed by atoms with Gasteiger partial charge < -0.3 is 20.1 Å². The van der Waals surface area contributed by atoms with Gasteiger partial charge in [-0.15, -0.1) is 13.2 Å². The fraction of sp³-hybridized carbons (Fsp3) is 0.519. The molecule has 0 saturated carbocycles. The van der Waals surface area contributed by atoms with Crippen LogP contribution in [0, 0.1) is 5.92 Å². The van der Waals surface area contributed by atoms with Gasteiger partial charge in [-0.3, -0.25) is 14.4 Å². The van der Waals surface area contributed by atoms with Crippen LogP contribution in [0.25, 0.3) is 0 Å². The number of aliphatic hydroxyl groups is 1. The fourth-order valence-corrected chi connectivity index (χ4v) is 3.40. The lowest BCUT2D eigenvalue weighted by atomic mass is 9.97. The number of nitrogens with one attached hydrogen (secondary N) is 1. The molecule has 2 N–H and O–H groups in total. The number of unbranched alkanes of at least 4 members (excludes halogenated alkanes) is 2. The Labute approximate surface area is 203 Å². The predicted molar refractivity (Wildman–Crippen MR) is 134 cm³/mol. The number of allylic oxidation sites excluding steroid dienone is 2. The van der Waals surface area contributed by atoms with E-state index in [4.69, 9.17) is 4.74 Å². The smallest absolute Gasteiger partial charge is 0.305 e. The van der Waals surface area contributed by atoms with Gasteiger partial charge in [0, 0.05) is 25.9 Å². The van der Waals surface area contributed by atoms with Crippen molar-refractivity contribution in [3.05, 3.63) is 61.2 Å². The van der Waals surface area contributed by atoms with Gasteiger partial charge in [0.25, 0.3) is 0 Å². The Morgan fingerprint density at radius 3 is 2.47 bits per heavy atom. The van der Waals surface area contributed by atoms with Crippen LogP contribution in [0.5, 0.6) is 0 Å². The van der Waals surface area contributed by atoms with Crippen LogP contribution in [-0.2, 0) is 25.7 Å². The Balaban J connectivity index is 2.67. The van der Waals surface area contributed by atoms with E-state index in [9.17, 15) is 19.5 Å². The molecular weight excluding hydrogens is 432 g/mol. The summed E-state index contributed by atoms with van der Waals surface area (Å²) in [5.74, 6) is -1.44. The number of rotatable bonds is 17. The van der Waals surface area contributed by atoms with Crippen LogP contribution in [-0.4, -0.2) is 53.1 Å². The lowest BCUT2D eigenvalue weighted by Gasteiger charge is -2.29. The Hall–Kier alpha value is -2.93. The molecule has 1 rings (SSSR count). The van der Waals surface area contributed by atoms with Crippen molar-refractivity contribution in [3.8, 4) is 0 Å². The fourth-order valence-electron chi connectivity index (χ4n) is 3.40. The van der Waals surface area contributed by atoms with Crippen LogP contribution in [0.1, 0.15) is 57.9 Å². The standard InChI is InChI=1S/C27H40N2O5/c1-5-7-8-12-16-25(32)34-21-27(3,4)28-26(33)23(13-6-2)19-24(31)29(17-18-30)20-22-14-10-9-11-15-22/h5-6,9-11,14-15,23,30H,1-2,7-8,12-13,16-21H2,3-4H3,(H,28,33)/t23-/m0/s1. The zero-order valence-electron chi connectivity index (χ0n) is 20.6. The molecule has 0 aliphatic carbocycles. The number of ether oxygens (including phenoxy) is 1. The summed E-state index contributed by atoms with van der Waals surface area (Å²) in [5, 5.41) is 12.3. The summed E-state index contributed by atoms with van der Waals surface area (Å²) < 4.78 is 5.34. The Kier molecular flexibility index (Phi) is 13.5. The van der Waals surface area contributed by atoms with Gasteiger partial charge in [0.2, 0.25) is 11.8 Å². The zero-order valence-corrected chi connectivity index (χ0v) is 20.6. The zero-order chi connectivity index (χ0) is 25.4. The highest BCUT2D eigenvalue weighted by atomic mass is 16.5. The first-order valence-corrected chi connectivity index (χ1v) is 11.8. The van der Waals surface area contributed by atoms with E-state index in [-0.39, 0.29) is 44.0 Å². The SMILES string of the molecule is C=CCCCCC(=O)OCC(C)(C)NC(=O)[C@@H](CC=C)CC(=O)N(CCO)Cc1ccccc1. The van der Waals surface area contributed by atoms with Gasteiger partial charge in [-0.1, -0.05) is 42.5 Å². The van der Waals surface area contributed by atoms with Gasteiger partial charge in [0.15, 0.2) is 0 Å². The predicted octanol–water partition coefficient (Wildman–Crippen LogP) is 3.77. The van der Waals surface area contributed by atoms with Crippen molar-refractivity contribution < 1.29 is 24.2 Å². The maximum atomic E-state index is 13.0. The second kappa shape index (κ2) is 15.8. The van der Waals surface area contributed by atoms with E-state index in [0.717, 1.165) is 24.8 Å². The van der Waals surface area contributed by atoms with E-state index >= 15 is 0 Å². The first-order valence-electron chi connectivity index (χ1n) is 11.8. The van der Waals surface area contributed by atoms with E-state index in [1.54, 1.807) is 24.8 Å². The molecule has 2 amide bonds. The number of carbonyl (C=O) groups excluding carboxylic acids is 3. The van der Waals surface area contributed by atoms with Gasteiger partial charge in [0.05, 0.1) is 18.1 Å². The summed E-state index contributed by atoms with van der Waals surface area (Å²) >= 11 is 0. The first kappa shape index (κ1) is 29.1. The average molecular weight is 473 g/mol. The summed E-state index contributed by atoms with van der Waals surface area (Å²) in [7, 11) is 0. The molecule has 0 unspecified atom stereocenters. The second-order valence-corrected chi connectivity index (χ2v) is 9.02. The highest BCUT2D eigenvalue weighted by Crippen LogP contribution is 2.16. The van der Waals surface area contributed by atoms with Crippen LogP contribution in [0.2, 0.25) is 0 Å². The molecule has 0 fully saturated rings. The minimum Gasteiger partial charge on any atom is -0.463 e. The summed E-state index contributed by atoms with van der Waals surface area (Å²) in [6.45, 7) is 11.3. The molecule has 7 nitrogen and oxygen atoms in total. The highest BCUT2D eigenvalue weighted by Gasteiger charge is 2.29. The Bertz CT molecular complexity index is 791. The lowest BCUT2D eigenvalue weighted by molar-refractivity contribution is -0.147. The second-order valence-electron chi connectivity index (χ2n) is 9.02. The molecule has 0 saturated heterocycles. The third kappa shape index (κ3) is 11.8. The van der Waals surface area contributed by atoms with Gasteiger partial charge in [-0.2, -0.15) is 0 Å². The lowest BCUT2D eigenvalue weighted by Crippen LogP contribution is -2.50. The Morgan fingerprint density at radius 2 is 1.85 bits per heavy atom. The van der Waals surface area contributed by atoms with Crippen LogP contribution in [0.15, 0.2) is 55.6 Å². The molecule has 1 atom stereocenters. The quantitative estimate of drug-likeness (QED) is 0.204. The van der Waals surface area contributed by atoms with E-state index < -0.39 is 11.5 Å². The van der Waals surface area contributed by atoms with Crippen molar-refractivity contribution in [1.29, 1.82) is 0 Å². The minimum atomic E-state index is -0.787. The van der Waals surface area contributed by atoms with Crippen LogP contribution in [0.3, 0.4) is 0 Å². The molecule has 0 bridgehead atoms. The van der Waals surface area contributed by atoms with Gasteiger partial charge >= 0.3 is 5.97 Å². The van der Waals surface area contributed by atoms with Crippen molar-refractivity contribution in [2.75, 3.05) is 19.8 Å². The molecule has 0 aromatic heterocycles. The van der Waals surface area contributed by atoms with E-state index in [1.165, 1.54) is 0 Å². The molecule has 1 aromatic carbocycles. The number of amides is 2. The number of esters is 1. The topological polar surface area (TPSA) is 95.9 Å². The maximum Gasteiger partial charge on any atom is 0.305 e. The third-order valence-corrected chi connectivity index (χ3v) is 5.28. The first-order chi connectivity index (χ1) is 16.2. The number of benzene rings is 1. The van der Waals surface area contributed by atoms with Crippen molar-refractivity contribution in [1.82, 2.24) is 10.2 Å². The van der Waals surface area contributed by atoms with Crippen LogP contribution < -0.4 is 5.32 Å². The van der Waals surface area contributed by atoms with Gasteiger partial charge in [-0.05, 0) is 45.1 Å². The monoisotopic (exact) mass is 472 g/mol. The summed E-state index contributed by atoms with van der Waals surface area (Å²) in [6.07, 6.45) is 6.55. The number of nitrogens with zero attached hydrogens (tertiary/aromatic N) is 1. The minimum absolute atomic E-state index is 0.0101. The molecule has 0 radical (unpaired) electrons. The van der Waals surface area contributed by atoms with Crippen molar-refractivity contribution in [3.63, 3.8) is 0 Å². The van der Waals surface area contributed by atoms with Gasteiger partial charge in [-0.25, -0.2) is 0 Å². The summed E-state index contributed by atoms with van der Waals surface area (Å²) in [6, 6.07) is 9.50. The normalized spacial score (nSPS) is 11.9. The largest absolute Gasteiger partial charge is 0.463 e. The molecule has 1 aromatic rings. The van der Waals surface area contributed by atoms with Crippen LogP contribution in [0.4, 0.5) is 0 Å². The number of hydrogen-bond donors (Lipinski definition) is 2. The maximum absolute atomic E-state index is 13.0. The van der Waals surface area contributed by atoms with E-state index in [2.05, 4.69) is 18.5 Å². The van der Waals surface area contributed by atoms with Crippen molar-refractivity contribution >= 4 is 17.8 Å². The van der Waals surface area contributed by atoms with Crippen molar-refractivity contribution in [2.45, 2.75) is 64.5 Å². The Morgan fingerprint density at radius 1 is 1.15 bits per heavy atom. The molecule has 34 heavy (non-hydrogen) atoms. The molecule has 0 aliphatic heterocycles. The number of carbonyl (C=O) groups is 3. The average Bonchev–Trinajstić information content (AvgIpc) is 2.80. The number of hydrogen-bond acceptors (Lipinski definition) is 5. The molecule has 0 spiro atoms. The van der Waals surface area contributed by atoms with Gasteiger partial charge in [0.1, 0.15) is 6.61 Å². The molecule has 0 heterocycles. The molecular formula is C27H40N2O5. The van der Waals surface area contributed by atoms with E-state index in [0.29, 0.717) is 19.4 Å². The molecule has 7 heteroatoms. The highest BCUT2D eigenvalue weighted by molar-refractivity contribution is 5.86. The third-order valence-electron chi connectivity index (χ3n) is 5.28. The summed E-state index contributed by atoms with van der Waals surface area (Å²) in [5.41, 5.74) is 0.159. The van der Waals surface area contributed by atoms with E-state index in [1.807, 2.05) is 36.4 Å². The summed E-state index contributed by atoms with van der Waals surface area (Å²) in [4.78, 5) is 39.5. The van der Waals surface area contributed by atoms with Crippen LogP contribution >= 0.6 is 0 Å². The molecule has 0 aliphatic rings.